The van der Waals surface area contributed by atoms with E-state index in [4.69, 9.17) is 11.2 Å². The van der Waals surface area contributed by atoms with Crippen LogP contribution in [-0.2, 0) is 11.3 Å². The lowest BCUT2D eigenvalue weighted by molar-refractivity contribution is 0.0524. The van der Waals surface area contributed by atoms with Crippen LogP contribution in [0.5, 0.6) is 0 Å². The Morgan fingerprint density at radius 2 is 2.19 bits per heavy atom. The van der Waals surface area contributed by atoms with Crippen LogP contribution in [0, 0.1) is 12.3 Å². The molecule has 3 heterocycles. The SMILES string of the molecule is C#Cc1cnc(-c2ccc(CNC(=O)OC(C)(C)C)s2)nc1Nc1cc(C2CC2)[nH]n1. The van der Waals surface area contributed by atoms with E-state index in [-0.39, 0.29) is 0 Å². The number of carbonyl (C=O) groups is 1. The van der Waals surface area contributed by atoms with Crippen molar-refractivity contribution in [3.8, 4) is 23.0 Å². The van der Waals surface area contributed by atoms with Crippen LogP contribution >= 0.6 is 11.3 Å². The van der Waals surface area contributed by atoms with Crippen molar-refractivity contribution in [2.24, 2.45) is 0 Å². The first kappa shape index (κ1) is 20.9. The Morgan fingerprint density at radius 3 is 2.90 bits per heavy atom. The number of anilines is 2. The van der Waals surface area contributed by atoms with Gasteiger partial charge >= 0.3 is 6.09 Å². The van der Waals surface area contributed by atoms with Gasteiger partial charge in [0.05, 0.1) is 17.0 Å². The van der Waals surface area contributed by atoms with Gasteiger partial charge in [-0.05, 0) is 45.7 Å². The van der Waals surface area contributed by atoms with E-state index in [1.165, 1.54) is 24.2 Å². The smallest absolute Gasteiger partial charge is 0.407 e. The Kier molecular flexibility index (Phi) is 5.65. The van der Waals surface area contributed by atoms with Gasteiger partial charge in [0, 0.05) is 28.8 Å². The van der Waals surface area contributed by atoms with Gasteiger partial charge in [-0.15, -0.1) is 17.8 Å². The number of terminal acetylenes is 1. The number of hydrogen-bond donors (Lipinski definition) is 3. The molecule has 1 fully saturated rings. The number of ether oxygens (including phenoxy) is 1. The van der Waals surface area contributed by atoms with Gasteiger partial charge < -0.3 is 15.4 Å². The Morgan fingerprint density at radius 1 is 1.39 bits per heavy atom. The van der Waals surface area contributed by atoms with Gasteiger partial charge in [0.1, 0.15) is 5.60 Å². The van der Waals surface area contributed by atoms with Crippen molar-refractivity contribution in [3.63, 3.8) is 0 Å². The summed E-state index contributed by atoms with van der Waals surface area (Å²) in [5.41, 5.74) is 1.15. The summed E-state index contributed by atoms with van der Waals surface area (Å²) < 4.78 is 5.26. The van der Waals surface area contributed by atoms with Crippen LogP contribution in [0.15, 0.2) is 24.4 Å². The summed E-state index contributed by atoms with van der Waals surface area (Å²) in [5, 5.41) is 13.3. The summed E-state index contributed by atoms with van der Waals surface area (Å²) in [6, 6.07) is 5.84. The van der Waals surface area contributed by atoms with Crippen molar-refractivity contribution in [2.45, 2.75) is 51.7 Å². The molecule has 3 aromatic rings. The van der Waals surface area contributed by atoms with Gasteiger partial charge in [-0.3, -0.25) is 5.10 Å². The topological polar surface area (TPSA) is 105 Å². The first-order chi connectivity index (χ1) is 14.8. The van der Waals surface area contributed by atoms with Crippen LogP contribution in [0.3, 0.4) is 0 Å². The highest BCUT2D eigenvalue weighted by Crippen LogP contribution is 2.39. The average Bonchev–Trinajstić information content (AvgIpc) is 3.27. The maximum atomic E-state index is 11.9. The van der Waals surface area contributed by atoms with Crippen LogP contribution < -0.4 is 10.6 Å². The number of thiophene rings is 1. The molecule has 31 heavy (non-hydrogen) atoms. The molecule has 0 saturated heterocycles. The molecule has 0 atom stereocenters. The van der Waals surface area contributed by atoms with E-state index in [0.717, 1.165) is 15.4 Å². The first-order valence-corrected chi connectivity index (χ1v) is 10.8. The highest BCUT2D eigenvalue weighted by molar-refractivity contribution is 7.15. The zero-order valence-electron chi connectivity index (χ0n) is 17.7. The second-order valence-corrected chi connectivity index (χ2v) is 9.50. The van der Waals surface area contributed by atoms with Crippen molar-refractivity contribution >= 4 is 29.1 Å². The van der Waals surface area contributed by atoms with Gasteiger partial charge in [-0.25, -0.2) is 14.8 Å². The average molecular weight is 437 g/mol. The maximum absolute atomic E-state index is 11.9. The summed E-state index contributed by atoms with van der Waals surface area (Å²) in [5.74, 6) is 4.95. The maximum Gasteiger partial charge on any atom is 0.407 e. The normalized spacial score (nSPS) is 13.5. The van der Waals surface area contributed by atoms with Crippen molar-refractivity contribution < 1.29 is 9.53 Å². The minimum absolute atomic E-state index is 0.365. The zero-order valence-corrected chi connectivity index (χ0v) is 18.5. The molecule has 0 aromatic carbocycles. The van der Waals surface area contributed by atoms with Crippen molar-refractivity contribution in [2.75, 3.05) is 5.32 Å². The molecule has 1 aliphatic carbocycles. The van der Waals surface area contributed by atoms with Gasteiger partial charge in [0.25, 0.3) is 0 Å². The number of H-pyrrole nitrogens is 1. The second-order valence-electron chi connectivity index (χ2n) is 8.33. The van der Waals surface area contributed by atoms with Crippen LogP contribution in [0.25, 0.3) is 10.7 Å². The third-order valence-electron chi connectivity index (χ3n) is 4.49. The van der Waals surface area contributed by atoms with Gasteiger partial charge in [0.15, 0.2) is 17.5 Å². The summed E-state index contributed by atoms with van der Waals surface area (Å²) in [6.07, 6.45) is 9.18. The number of carbonyl (C=O) groups excluding carboxylic acids is 1. The van der Waals surface area contributed by atoms with E-state index in [9.17, 15) is 4.79 Å². The molecule has 4 rings (SSSR count). The Labute approximate surface area is 184 Å². The molecule has 3 aromatic heterocycles. The molecule has 0 spiro atoms. The number of alkyl carbamates (subject to hydrolysis) is 1. The summed E-state index contributed by atoms with van der Waals surface area (Å²) in [4.78, 5) is 22.7. The fraction of sp³-hybridized carbons (Fsp3) is 0.364. The number of amides is 1. The largest absolute Gasteiger partial charge is 0.444 e. The molecule has 1 amide bonds. The quantitative estimate of drug-likeness (QED) is 0.490. The lowest BCUT2D eigenvalue weighted by Crippen LogP contribution is -2.31. The van der Waals surface area contributed by atoms with Gasteiger partial charge in [-0.1, -0.05) is 5.92 Å². The molecule has 0 aliphatic heterocycles. The summed E-state index contributed by atoms with van der Waals surface area (Å²) >= 11 is 1.49. The Bertz CT molecular complexity index is 1130. The number of hydrogen-bond acceptors (Lipinski definition) is 7. The summed E-state index contributed by atoms with van der Waals surface area (Å²) in [6.45, 7) is 5.85. The van der Waals surface area contributed by atoms with E-state index in [2.05, 4.69) is 36.7 Å². The zero-order chi connectivity index (χ0) is 22.0. The van der Waals surface area contributed by atoms with Crippen LogP contribution in [0.4, 0.5) is 16.4 Å². The second kappa shape index (κ2) is 8.40. The molecule has 3 N–H and O–H groups in total. The highest BCUT2D eigenvalue weighted by atomic mass is 32.1. The number of aromatic nitrogens is 4. The van der Waals surface area contributed by atoms with E-state index in [1.807, 2.05) is 39.0 Å². The fourth-order valence-electron chi connectivity index (χ4n) is 2.89. The first-order valence-electron chi connectivity index (χ1n) is 10.0. The van der Waals surface area contributed by atoms with Gasteiger partial charge in [0.2, 0.25) is 0 Å². The third-order valence-corrected chi connectivity index (χ3v) is 5.57. The predicted molar refractivity (Wildman–Crippen MR) is 120 cm³/mol. The molecular formula is C22H24N6O2S. The number of aromatic amines is 1. The van der Waals surface area contributed by atoms with Crippen LogP contribution in [-0.4, -0.2) is 31.9 Å². The monoisotopic (exact) mass is 436 g/mol. The molecule has 1 saturated carbocycles. The predicted octanol–water partition coefficient (Wildman–Crippen LogP) is 4.56. The molecule has 8 nitrogen and oxygen atoms in total. The van der Waals surface area contributed by atoms with Crippen molar-refractivity contribution in [3.05, 3.63) is 40.5 Å². The van der Waals surface area contributed by atoms with E-state index >= 15 is 0 Å². The lowest BCUT2D eigenvalue weighted by Gasteiger charge is -2.19. The van der Waals surface area contributed by atoms with E-state index in [0.29, 0.717) is 35.5 Å². The molecule has 160 valence electrons. The van der Waals surface area contributed by atoms with E-state index in [1.54, 1.807) is 6.20 Å². The highest BCUT2D eigenvalue weighted by Gasteiger charge is 2.25. The van der Waals surface area contributed by atoms with Crippen LogP contribution in [0.2, 0.25) is 0 Å². The van der Waals surface area contributed by atoms with E-state index < -0.39 is 11.7 Å². The number of nitrogens with zero attached hydrogens (tertiary/aromatic N) is 3. The molecule has 0 unspecified atom stereocenters. The van der Waals surface area contributed by atoms with Gasteiger partial charge in [-0.2, -0.15) is 5.10 Å². The molecule has 1 aliphatic rings. The number of rotatable bonds is 6. The molecular weight excluding hydrogens is 412 g/mol. The fourth-order valence-corrected chi connectivity index (χ4v) is 3.78. The lowest BCUT2D eigenvalue weighted by atomic mass is 10.2. The molecule has 9 heteroatoms. The van der Waals surface area contributed by atoms with Crippen molar-refractivity contribution in [1.29, 1.82) is 0 Å². The third kappa shape index (κ3) is 5.41. The molecule has 0 bridgehead atoms. The standard InChI is InChI=1S/C22H24N6O2S/c1-5-13-11-23-20(26-19(13)25-18-10-16(27-28-18)14-6-7-14)17-9-8-15(31-17)12-24-21(29)30-22(2,3)4/h1,8-11,14H,6-7,12H2,2-4H3,(H,24,29)(H2,23,25,26,27,28). The number of nitrogens with one attached hydrogen (secondary N) is 3. The summed E-state index contributed by atoms with van der Waals surface area (Å²) in [7, 11) is 0. The Hall–Kier alpha value is -3.38. The molecule has 0 radical (unpaired) electrons. The minimum atomic E-state index is -0.533. The van der Waals surface area contributed by atoms with Crippen molar-refractivity contribution in [1.82, 2.24) is 25.5 Å². The Balaban J connectivity index is 1.46. The van der Waals surface area contributed by atoms with Crippen LogP contribution in [0.1, 0.15) is 55.7 Å². The minimum Gasteiger partial charge on any atom is -0.444 e.